The van der Waals surface area contributed by atoms with E-state index in [0.29, 0.717) is 0 Å². The summed E-state index contributed by atoms with van der Waals surface area (Å²) in [5, 5.41) is 9.11. The number of nitrogens with one attached hydrogen (secondary N) is 1. The zero-order valence-electron chi connectivity index (χ0n) is 22.0. The van der Waals surface area contributed by atoms with Gasteiger partial charge in [0.2, 0.25) is 0 Å². The number of rotatable bonds is 3. The van der Waals surface area contributed by atoms with Crippen LogP contribution >= 0.6 is 11.3 Å². The van der Waals surface area contributed by atoms with Gasteiger partial charge in [-0.05, 0) is 62.4 Å². The van der Waals surface area contributed by atoms with Crippen molar-refractivity contribution < 1.29 is 0 Å². The van der Waals surface area contributed by atoms with E-state index in [1.165, 1.54) is 70.0 Å². The zero-order chi connectivity index (χ0) is 26.1. The third-order valence-electron chi connectivity index (χ3n) is 8.42. The fraction of sp³-hybridized carbons (Fsp3) is 0.0811. The van der Waals surface area contributed by atoms with Gasteiger partial charge >= 0.3 is 0 Å². The quantitative estimate of drug-likeness (QED) is 0.246. The largest absolute Gasteiger partial charge is 0.355 e. The lowest BCUT2D eigenvalue weighted by Gasteiger charge is -2.25. The van der Waals surface area contributed by atoms with Crippen LogP contribution in [0.1, 0.15) is 25.0 Å². The Morgan fingerprint density at radius 3 is 2.23 bits per heavy atom. The summed E-state index contributed by atoms with van der Waals surface area (Å²) in [4.78, 5) is 0. The Hall–Kier alpha value is -4.40. The maximum absolute atomic E-state index is 3.81. The molecule has 6 aromatic carbocycles. The van der Waals surface area contributed by atoms with Crippen LogP contribution in [-0.4, -0.2) is 0 Å². The first kappa shape index (κ1) is 22.6. The van der Waals surface area contributed by atoms with Crippen molar-refractivity contribution in [2.24, 2.45) is 0 Å². The van der Waals surface area contributed by atoms with Crippen molar-refractivity contribution in [3.05, 3.63) is 132 Å². The second kappa shape index (κ2) is 8.30. The Balaban J connectivity index is 1.24. The van der Waals surface area contributed by atoms with E-state index >= 15 is 0 Å². The van der Waals surface area contributed by atoms with E-state index < -0.39 is 0 Å². The molecule has 7 aromatic rings. The van der Waals surface area contributed by atoms with E-state index in [1.807, 2.05) is 11.3 Å². The van der Waals surface area contributed by atoms with Crippen LogP contribution in [0.15, 0.2) is 121 Å². The highest BCUT2D eigenvalue weighted by Crippen LogP contribution is 2.52. The van der Waals surface area contributed by atoms with Crippen molar-refractivity contribution in [2.45, 2.75) is 19.3 Å². The number of anilines is 2. The van der Waals surface area contributed by atoms with Crippen LogP contribution in [0.3, 0.4) is 0 Å². The number of thiophene rings is 1. The summed E-state index contributed by atoms with van der Waals surface area (Å²) >= 11 is 1.91. The third kappa shape index (κ3) is 3.32. The Kier molecular flexibility index (Phi) is 4.80. The van der Waals surface area contributed by atoms with Gasteiger partial charge in [-0.1, -0.05) is 117 Å². The van der Waals surface area contributed by atoms with Crippen LogP contribution < -0.4 is 5.32 Å². The van der Waals surface area contributed by atoms with Crippen LogP contribution in [0.2, 0.25) is 0 Å². The molecule has 0 unspecified atom stereocenters. The first-order chi connectivity index (χ1) is 19.1. The summed E-state index contributed by atoms with van der Waals surface area (Å²) in [6, 6.07) is 44.3. The van der Waals surface area contributed by atoms with E-state index in [9.17, 15) is 0 Å². The average Bonchev–Trinajstić information content (AvgIpc) is 3.47. The van der Waals surface area contributed by atoms with E-state index in [-0.39, 0.29) is 5.41 Å². The molecule has 0 saturated heterocycles. The van der Waals surface area contributed by atoms with Crippen molar-refractivity contribution in [2.75, 3.05) is 5.32 Å². The summed E-state index contributed by atoms with van der Waals surface area (Å²) in [6.07, 6.45) is 0. The summed E-state index contributed by atoms with van der Waals surface area (Å²) in [7, 11) is 0. The minimum atomic E-state index is -0.0570. The van der Waals surface area contributed by atoms with Gasteiger partial charge in [0.25, 0.3) is 0 Å². The predicted molar refractivity (Wildman–Crippen MR) is 170 cm³/mol. The smallest absolute Gasteiger partial charge is 0.0434 e. The Bertz CT molecular complexity index is 2080. The van der Waals surface area contributed by atoms with Gasteiger partial charge in [0.05, 0.1) is 0 Å². The predicted octanol–water partition coefficient (Wildman–Crippen LogP) is 10.9. The van der Waals surface area contributed by atoms with Gasteiger partial charge in [0.1, 0.15) is 0 Å². The molecule has 1 N–H and O–H groups in total. The van der Waals surface area contributed by atoms with E-state index in [4.69, 9.17) is 0 Å². The SMILES string of the molecule is CC1(C)c2ccccc2-c2cccc(Nc3cccc(-c4cccc5c4sc4c6ccccc6ccc54)c3)c21. The molecule has 0 saturated carbocycles. The van der Waals surface area contributed by atoms with Crippen LogP contribution in [0, 0.1) is 0 Å². The lowest BCUT2D eigenvalue weighted by atomic mass is 9.81. The van der Waals surface area contributed by atoms with Gasteiger partial charge in [-0.2, -0.15) is 0 Å². The average molecular weight is 518 g/mol. The molecule has 0 spiro atoms. The highest BCUT2D eigenvalue weighted by atomic mass is 32.1. The monoisotopic (exact) mass is 517 g/mol. The van der Waals surface area contributed by atoms with Gasteiger partial charge < -0.3 is 5.32 Å². The molecule has 8 rings (SSSR count). The lowest BCUT2D eigenvalue weighted by molar-refractivity contribution is 0.662. The molecule has 0 radical (unpaired) electrons. The van der Waals surface area contributed by atoms with Crippen LogP contribution in [0.5, 0.6) is 0 Å². The zero-order valence-corrected chi connectivity index (χ0v) is 22.8. The molecule has 0 bridgehead atoms. The van der Waals surface area contributed by atoms with Gasteiger partial charge in [-0.3, -0.25) is 0 Å². The fourth-order valence-corrected chi connectivity index (χ4v) is 8.00. The molecule has 39 heavy (non-hydrogen) atoms. The lowest BCUT2D eigenvalue weighted by Crippen LogP contribution is -2.16. The van der Waals surface area contributed by atoms with Crippen molar-refractivity contribution in [1.82, 2.24) is 0 Å². The Morgan fingerprint density at radius 1 is 0.564 bits per heavy atom. The van der Waals surface area contributed by atoms with Crippen LogP contribution in [-0.2, 0) is 5.41 Å². The van der Waals surface area contributed by atoms with Gasteiger partial charge in [-0.15, -0.1) is 11.3 Å². The number of hydrogen-bond donors (Lipinski definition) is 1. The molecule has 1 aliphatic carbocycles. The number of benzene rings is 6. The van der Waals surface area contributed by atoms with Gasteiger partial charge in [0, 0.05) is 37.0 Å². The summed E-state index contributed by atoms with van der Waals surface area (Å²) < 4.78 is 2.71. The summed E-state index contributed by atoms with van der Waals surface area (Å²) in [5.74, 6) is 0. The number of fused-ring (bicyclic) bond motifs is 8. The third-order valence-corrected chi connectivity index (χ3v) is 9.71. The Labute approximate surface area is 232 Å². The highest BCUT2D eigenvalue weighted by Gasteiger charge is 2.37. The second-order valence-corrected chi connectivity index (χ2v) is 12.1. The first-order valence-corrected chi connectivity index (χ1v) is 14.3. The Morgan fingerprint density at radius 2 is 1.28 bits per heavy atom. The van der Waals surface area contributed by atoms with E-state index in [0.717, 1.165) is 5.69 Å². The molecular formula is C37H27NS. The van der Waals surface area contributed by atoms with Crippen LogP contribution in [0.25, 0.3) is 53.2 Å². The maximum Gasteiger partial charge on any atom is 0.0434 e. The molecule has 1 aromatic heterocycles. The molecule has 186 valence electrons. The molecule has 1 aliphatic rings. The molecule has 0 amide bonds. The molecular weight excluding hydrogens is 490 g/mol. The van der Waals surface area contributed by atoms with Crippen LogP contribution in [0.4, 0.5) is 11.4 Å². The van der Waals surface area contributed by atoms with E-state index in [2.05, 4.69) is 140 Å². The highest BCUT2D eigenvalue weighted by molar-refractivity contribution is 7.27. The normalized spacial score (nSPS) is 13.6. The number of hydrogen-bond acceptors (Lipinski definition) is 2. The van der Waals surface area contributed by atoms with Crippen molar-refractivity contribution in [1.29, 1.82) is 0 Å². The fourth-order valence-electron chi connectivity index (χ4n) is 6.63. The summed E-state index contributed by atoms with van der Waals surface area (Å²) in [5.41, 5.74) is 10.2. The topological polar surface area (TPSA) is 12.0 Å². The minimum Gasteiger partial charge on any atom is -0.355 e. The summed E-state index contributed by atoms with van der Waals surface area (Å²) in [6.45, 7) is 4.68. The molecule has 2 heteroatoms. The molecule has 0 aliphatic heterocycles. The molecule has 1 nitrogen and oxygen atoms in total. The van der Waals surface area contributed by atoms with Gasteiger partial charge in [-0.25, -0.2) is 0 Å². The van der Waals surface area contributed by atoms with Crippen molar-refractivity contribution in [3.8, 4) is 22.3 Å². The molecule has 0 atom stereocenters. The van der Waals surface area contributed by atoms with Crippen molar-refractivity contribution in [3.63, 3.8) is 0 Å². The molecule has 1 heterocycles. The second-order valence-electron chi connectivity index (χ2n) is 11.1. The van der Waals surface area contributed by atoms with Crippen molar-refractivity contribution >= 4 is 53.7 Å². The molecule has 0 fully saturated rings. The minimum absolute atomic E-state index is 0.0570. The van der Waals surface area contributed by atoms with Gasteiger partial charge in [0.15, 0.2) is 0 Å². The standard InChI is InChI=1S/C37H27NS/c1-37(2)32-18-6-5-14-28(32)29-16-9-19-33(34(29)37)38-25-12-7-11-24(22-25)27-15-8-17-30-31-21-20-23-10-3-4-13-26(23)35(31)39-36(27)30/h3-22,38H,1-2H3. The maximum atomic E-state index is 3.81. The van der Waals surface area contributed by atoms with E-state index in [1.54, 1.807) is 0 Å². The first-order valence-electron chi connectivity index (χ1n) is 13.5.